The van der Waals surface area contributed by atoms with Crippen molar-refractivity contribution in [3.05, 3.63) is 12.0 Å². The summed E-state index contributed by atoms with van der Waals surface area (Å²) in [5.74, 6) is -0.974. The fourth-order valence-electron chi connectivity index (χ4n) is 1.18. The number of unbranched alkanes of at least 4 members (excludes halogenated alkanes) is 1. The minimum Gasteiger partial charge on any atom is -0.494 e. The van der Waals surface area contributed by atoms with E-state index in [4.69, 9.17) is 14.6 Å². The lowest BCUT2D eigenvalue weighted by atomic mass is 10.2. The van der Waals surface area contributed by atoms with Crippen LogP contribution in [0.15, 0.2) is 12.0 Å². The van der Waals surface area contributed by atoms with Crippen LogP contribution in [0.2, 0.25) is 0 Å². The van der Waals surface area contributed by atoms with E-state index in [0.29, 0.717) is 32.6 Å². The van der Waals surface area contributed by atoms with Crippen LogP contribution in [0.25, 0.3) is 0 Å². The molecule has 0 radical (unpaired) electrons. The van der Waals surface area contributed by atoms with Crippen LogP contribution in [-0.2, 0) is 19.1 Å². The summed E-state index contributed by atoms with van der Waals surface area (Å²) < 4.78 is 10.0. The highest BCUT2D eigenvalue weighted by atomic mass is 16.6. The molecule has 0 saturated carbocycles. The van der Waals surface area contributed by atoms with E-state index in [9.17, 15) is 9.59 Å². The van der Waals surface area contributed by atoms with Gasteiger partial charge in [-0.1, -0.05) is 0 Å². The summed E-state index contributed by atoms with van der Waals surface area (Å²) in [4.78, 5) is 21.6. The summed E-state index contributed by atoms with van der Waals surface area (Å²) in [5, 5.41) is 11.0. The molecule has 1 heterocycles. The van der Waals surface area contributed by atoms with E-state index in [1.54, 1.807) is 0 Å². The second kappa shape index (κ2) is 6.71. The number of hydrogen-bond acceptors (Lipinski definition) is 4. The molecule has 0 aromatic carbocycles. The van der Waals surface area contributed by atoms with Crippen LogP contribution in [0.1, 0.15) is 19.3 Å². The third-order valence-electron chi connectivity index (χ3n) is 1.98. The van der Waals surface area contributed by atoms with E-state index in [-0.39, 0.29) is 18.1 Å². The molecule has 0 fully saturated rings. The predicted molar refractivity (Wildman–Crippen MR) is 54.5 cm³/mol. The molecule has 1 amide bonds. The minimum absolute atomic E-state index is 0.123. The van der Waals surface area contributed by atoms with E-state index >= 15 is 0 Å². The second-order valence-corrected chi connectivity index (χ2v) is 3.31. The molecular weight excluding hydrogens is 214 g/mol. The molecule has 0 spiro atoms. The van der Waals surface area contributed by atoms with Crippen molar-refractivity contribution in [2.75, 3.05) is 19.8 Å². The molecule has 1 rings (SSSR count). The number of aliphatic carboxylic acids is 1. The lowest BCUT2D eigenvalue weighted by Crippen LogP contribution is -2.29. The standard InChI is InChI=1S/C10H15NO5/c12-9(13)3-1-2-4-11-10(14)8-7-15-5-6-16-8/h7H,1-6H2,(H,11,14)(H,12,13). The Kier molecular flexibility index (Phi) is 5.18. The van der Waals surface area contributed by atoms with E-state index < -0.39 is 5.97 Å². The first-order chi connectivity index (χ1) is 7.70. The van der Waals surface area contributed by atoms with Gasteiger partial charge < -0.3 is 19.9 Å². The Morgan fingerprint density at radius 2 is 2.19 bits per heavy atom. The number of nitrogens with one attached hydrogen (secondary N) is 1. The third kappa shape index (κ3) is 4.68. The van der Waals surface area contributed by atoms with Crippen LogP contribution in [0.5, 0.6) is 0 Å². The molecule has 90 valence electrons. The molecule has 2 N–H and O–H groups in total. The normalized spacial score (nSPS) is 14.4. The average molecular weight is 229 g/mol. The first-order valence-electron chi connectivity index (χ1n) is 5.14. The molecule has 0 atom stereocenters. The Labute approximate surface area is 93.2 Å². The molecule has 0 unspecified atom stereocenters. The Hall–Kier alpha value is -1.72. The Morgan fingerprint density at radius 3 is 2.81 bits per heavy atom. The highest BCUT2D eigenvalue weighted by molar-refractivity contribution is 5.91. The number of carbonyl (C=O) groups excluding carboxylic acids is 1. The van der Waals surface area contributed by atoms with Crippen LogP contribution < -0.4 is 5.32 Å². The van der Waals surface area contributed by atoms with Crippen molar-refractivity contribution >= 4 is 11.9 Å². The van der Waals surface area contributed by atoms with Crippen LogP contribution in [0.4, 0.5) is 0 Å². The van der Waals surface area contributed by atoms with Crippen molar-refractivity contribution in [2.24, 2.45) is 0 Å². The van der Waals surface area contributed by atoms with Gasteiger partial charge in [0.25, 0.3) is 5.91 Å². The number of hydrogen-bond donors (Lipinski definition) is 2. The number of rotatable bonds is 6. The molecular formula is C10H15NO5. The van der Waals surface area contributed by atoms with Gasteiger partial charge in [0.1, 0.15) is 19.5 Å². The van der Waals surface area contributed by atoms with Gasteiger partial charge in [-0.2, -0.15) is 0 Å². The van der Waals surface area contributed by atoms with E-state index in [1.807, 2.05) is 0 Å². The maximum atomic E-state index is 11.4. The number of ether oxygens (including phenoxy) is 2. The predicted octanol–water partition coefficient (Wildman–Crippen LogP) is 0.246. The summed E-state index contributed by atoms with van der Waals surface area (Å²) in [6.45, 7) is 1.26. The molecule has 0 bridgehead atoms. The lowest BCUT2D eigenvalue weighted by molar-refractivity contribution is -0.137. The van der Waals surface area contributed by atoms with E-state index in [1.165, 1.54) is 6.26 Å². The molecule has 0 aromatic rings. The van der Waals surface area contributed by atoms with Crippen molar-refractivity contribution in [1.29, 1.82) is 0 Å². The minimum atomic E-state index is -0.821. The summed E-state index contributed by atoms with van der Waals surface area (Å²) in [6.07, 6.45) is 2.59. The first-order valence-corrected chi connectivity index (χ1v) is 5.14. The van der Waals surface area contributed by atoms with Crippen molar-refractivity contribution in [3.8, 4) is 0 Å². The van der Waals surface area contributed by atoms with Crippen LogP contribution in [0, 0.1) is 0 Å². The maximum Gasteiger partial charge on any atom is 0.303 e. The highest BCUT2D eigenvalue weighted by Crippen LogP contribution is 2.03. The second-order valence-electron chi connectivity index (χ2n) is 3.31. The van der Waals surface area contributed by atoms with E-state index in [0.717, 1.165) is 0 Å². The van der Waals surface area contributed by atoms with Crippen molar-refractivity contribution in [2.45, 2.75) is 19.3 Å². The first kappa shape index (κ1) is 12.4. The van der Waals surface area contributed by atoms with Crippen molar-refractivity contribution in [1.82, 2.24) is 5.32 Å². The lowest BCUT2D eigenvalue weighted by Gasteiger charge is -2.14. The zero-order chi connectivity index (χ0) is 11.8. The molecule has 0 saturated heterocycles. The molecule has 6 heteroatoms. The van der Waals surface area contributed by atoms with Crippen LogP contribution >= 0.6 is 0 Å². The van der Waals surface area contributed by atoms with Crippen LogP contribution in [-0.4, -0.2) is 36.7 Å². The Balaban J connectivity index is 2.10. The van der Waals surface area contributed by atoms with Gasteiger partial charge in [-0.15, -0.1) is 0 Å². The molecule has 1 aliphatic rings. The van der Waals surface area contributed by atoms with Gasteiger partial charge >= 0.3 is 5.97 Å². The highest BCUT2D eigenvalue weighted by Gasteiger charge is 2.13. The van der Waals surface area contributed by atoms with Gasteiger partial charge in [-0.25, -0.2) is 0 Å². The largest absolute Gasteiger partial charge is 0.494 e. The van der Waals surface area contributed by atoms with Gasteiger partial charge in [-0.3, -0.25) is 9.59 Å². The Morgan fingerprint density at radius 1 is 1.38 bits per heavy atom. The molecule has 1 aliphatic heterocycles. The number of amides is 1. The zero-order valence-electron chi connectivity index (χ0n) is 8.90. The van der Waals surface area contributed by atoms with Gasteiger partial charge in [0.05, 0.1) is 0 Å². The summed E-state index contributed by atoms with van der Waals surface area (Å²) >= 11 is 0. The van der Waals surface area contributed by atoms with Gasteiger partial charge in [-0.05, 0) is 12.8 Å². The van der Waals surface area contributed by atoms with Crippen LogP contribution in [0.3, 0.4) is 0 Å². The number of carboxylic acid groups (broad SMARTS) is 1. The quantitative estimate of drug-likeness (QED) is 0.637. The van der Waals surface area contributed by atoms with Gasteiger partial charge in [0.15, 0.2) is 0 Å². The third-order valence-corrected chi connectivity index (χ3v) is 1.98. The van der Waals surface area contributed by atoms with E-state index in [2.05, 4.69) is 5.32 Å². The molecule has 0 aliphatic carbocycles. The summed E-state index contributed by atoms with van der Waals surface area (Å²) in [6, 6.07) is 0. The molecule has 0 aromatic heterocycles. The molecule has 16 heavy (non-hydrogen) atoms. The fourth-order valence-corrected chi connectivity index (χ4v) is 1.18. The zero-order valence-corrected chi connectivity index (χ0v) is 8.90. The smallest absolute Gasteiger partial charge is 0.303 e. The average Bonchev–Trinajstić information content (AvgIpc) is 2.29. The van der Waals surface area contributed by atoms with Gasteiger partial charge in [0, 0.05) is 13.0 Å². The van der Waals surface area contributed by atoms with Gasteiger partial charge in [0.2, 0.25) is 5.76 Å². The topological polar surface area (TPSA) is 84.9 Å². The monoisotopic (exact) mass is 229 g/mol. The SMILES string of the molecule is O=C(O)CCCCNC(=O)C1=COCCO1. The van der Waals surface area contributed by atoms with Crippen molar-refractivity contribution < 1.29 is 24.2 Å². The number of carboxylic acids is 1. The molecule has 6 nitrogen and oxygen atoms in total. The van der Waals surface area contributed by atoms with Crippen molar-refractivity contribution in [3.63, 3.8) is 0 Å². The maximum absolute atomic E-state index is 11.4. The fraction of sp³-hybridized carbons (Fsp3) is 0.600. The summed E-state index contributed by atoms with van der Waals surface area (Å²) in [5.41, 5.74) is 0. The number of carbonyl (C=O) groups is 2. The Bertz CT molecular complexity index is 287. The summed E-state index contributed by atoms with van der Waals surface area (Å²) in [7, 11) is 0.